The van der Waals surface area contributed by atoms with Gasteiger partial charge in [-0.15, -0.1) is 23.7 Å². The molecule has 0 radical (unpaired) electrons. The third-order valence-corrected chi connectivity index (χ3v) is 4.57. The minimum absolute atomic E-state index is 0. The van der Waals surface area contributed by atoms with E-state index in [-0.39, 0.29) is 18.3 Å². The zero-order chi connectivity index (χ0) is 14.5. The molecule has 118 valence electrons. The molecular weight excluding hydrogens is 318 g/mol. The average molecular weight is 338 g/mol. The summed E-state index contributed by atoms with van der Waals surface area (Å²) in [5.41, 5.74) is 2.04. The lowest BCUT2D eigenvalue weighted by atomic mass is 10.1. The maximum atomic E-state index is 11.9. The molecule has 0 saturated carbocycles. The number of hydrogen-bond donors (Lipinski definition) is 2. The predicted molar refractivity (Wildman–Crippen MR) is 92.3 cm³/mol. The molecule has 1 unspecified atom stereocenters. The first kappa shape index (κ1) is 16.9. The zero-order valence-corrected chi connectivity index (χ0v) is 13.9. The third kappa shape index (κ3) is 4.53. The molecule has 6 heteroatoms. The van der Waals surface area contributed by atoms with Crippen molar-refractivity contribution in [2.45, 2.75) is 31.8 Å². The Morgan fingerprint density at radius 1 is 1.36 bits per heavy atom. The van der Waals surface area contributed by atoms with Gasteiger partial charge in [0.15, 0.2) is 0 Å². The van der Waals surface area contributed by atoms with Gasteiger partial charge in [-0.2, -0.15) is 0 Å². The average Bonchev–Trinajstić information content (AvgIpc) is 3.17. The highest BCUT2D eigenvalue weighted by atomic mass is 35.5. The molecule has 0 aliphatic carbocycles. The summed E-state index contributed by atoms with van der Waals surface area (Å²) in [7, 11) is 0. The quantitative estimate of drug-likeness (QED) is 0.882. The van der Waals surface area contributed by atoms with Gasteiger partial charge in [0.1, 0.15) is 5.01 Å². The summed E-state index contributed by atoms with van der Waals surface area (Å²) in [5, 5.41) is 9.30. The Morgan fingerprint density at radius 2 is 2.18 bits per heavy atom. The molecule has 1 aliphatic heterocycles. The van der Waals surface area contributed by atoms with Crippen LogP contribution in [0.25, 0.3) is 10.6 Å². The highest BCUT2D eigenvalue weighted by Crippen LogP contribution is 2.23. The molecule has 3 rings (SSSR count). The van der Waals surface area contributed by atoms with Crippen molar-refractivity contribution in [3.63, 3.8) is 0 Å². The largest absolute Gasteiger partial charge is 0.350 e. The van der Waals surface area contributed by atoms with Crippen LogP contribution in [-0.2, 0) is 11.3 Å². The fourth-order valence-electron chi connectivity index (χ4n) is 2.52. The number of nitrogens with zero attached hydrogens (tertiary/aromatic N) is 1. The van der Waals surface area contributed by atoms with Crippen LogP contribution in [0.3, 0.4) is 0 Å². The van der Waals surface area contributed by atoms with Gasteiger partial charge in [-0.05, 0) is 19.4 Å². The second-order valence-corrected chi connectivity index (χ2v) is 6.14. The minimum Gasteiger partial charge on any atom is -0.350 e. The first-order valence-electron chi connectivity index (χ1n) is 7.31. The van der Waals surface area contributed by atoms with Crippen molar-refractivity contribution in [2.24, 2.45) is 0 Å². The smallest absolute Gasteiger partial charge is 0.221 e. The second kappa shape index (κ2) is 8.27. The summed E-state index contributed by atoms with van der Waals surface area (Å²) in [6.45, 7) is 1.54. The molecule has 2 aromatic rings. The van der Waals surface area contributed by atoms with Crippen LogP contribution in [0.1, 0.15) is 25.0 Å². The fraction of sp³-hybridized carbons (Fsp3) is 0.375. The number of rotatable bonds is 5. The Balaban J connectivity index is 0.00000176. The zero-order valence-electron chi connectivity index (χ0n) is 12.2. The van der Waals surface area contributed by atoms with E-state index in [9.17, 15) is 4.79 Å². The molecule has 1 aromatic carbocycles. The molecule has 22 heavy (non-hydrogen) atoms. The summed E-state index contributed by atoms with van der Waals surface area (Å²) >= 11 is 1.61. The van der Waals surface area contributed by atoms with Gasteiger partial charge in [0.05, 0.1) is 12.2 Å². The molecule has 1 atom stereocenters. The lowest BCUT2D eigenvalue weighted by Crippen LogP contribution is -2.31. The molecule has 1 aromatic heterocycles. The van der Waals surface area contributed by atoms with E-state index in [4.69, 9.17) is 0 Å². The van der Waals surface area contributed by atoms with E-state index in [1.807, 2.05) is 35.7 Å². The molecule has 0 bridgehead atoms. The van der Waals surface area contributed by atoms with Crippen LogP contribution in [0, 0.1) is 0 Å². The van der Waals surface area contributed by atoms with Gasteiger partial charge in [-0.25, -0.2) is 4.98 Å². The number of benzene rings is 1. The number of hydrogen-bond acceptors (Lipinski definition) is 4. The Hall–Kier alpha value is -1.43. The van der Waals surface area contributed by atoms with E-state index >= 15 is 0 Å². The summed E-state index contributed by atoms with van der Waals surface area (Å²) < 4.78 is 0. The van der Waals surface area contributed by atoms with Gasteiger partial charge < -0.3 is 10.6 Å². The van der Waals surface area contributed by atoms with Gasteiger partial charge in [0.2, 0.25) is 5.91 Å². The van der Waals surface area contributed by atoms with E-state index in [1.165, 1.54) is 6.42 Å². The van der Waals surface area contributed by atoms with Gasteiger partial charge in [-0.3, -0.25) is 4.79 Å². The highest BCUT2D eigenvalue weighted by Gasteiger charge is 2.17. The van der Waals surface area contributed by atoms with Gasteiger partial charge in [-0.1, -0.05) is 30.3 Å². The molecule has 1 fully saturated rings. The normalized spacial score (nSPS) is 17.0. The van der Waals surface area contributed by atoms with Crippen molar-refractivity contribution in [1.82, 2.24) is 15.6 Å². The van der Waals surface area contributed by atoms with Crippen molar-refractivity contribution in [2.75, 3.05) is 6.54 Å². The van der Waals surface area contributed by atoms with Crippen LogP contribution >= 0.6 is 23.7 Å². The Kier molecular flexibility index (Phi) is 6.36. The van der Waals surface area contributed by atoms with E-state index in [2.05, 4.69) is 15.6 Å². The van der Waals surface area contributed by atoms with Crippen molar-refractivity contribution >= 4 is 29.7 Å². The Morgan fingerprint density at radius 3 is 2.91 bits per heavy atom. The molecule has 1 aliphatic rings. The molecule has 0 spiro atoms. The standard InChI is InChI=1S/C16H19N3OS.ClH/c20-15(9-13-7-4-8-17-13)18-10-14-11-21-16(19-14)12-5-2-1-3-6-12;/h1-3,5-6,11,13,17H,4,7-10H2,(H,18,20);1H. The molecule has 2 heterocycles. The van der Waals surface area contributed by atoms with Crippen LogP contribution in [0.5, 0.6) is 0 Å². The number of aromatic nitrogens is 1. The molecule has 2 N–H and O–H groups in total. The first-order valence-corrected chi connectivity index (χ1v) is 8.19. The number of nitrogens with one attached hydrogen (secondary N) is 2. The predicted octanol–water partition coefficient (Wildman–Crippen LogP) is 2.99. The van der Waals surface area contributed by atoms with Crippen LogP contribution in [-0.4, -0.2) is 23.5 Å². The van der Waals surface area contributed by atoms with Gasteiger partial charge >= 0.3 is 0 Å². The summed E-state index contributed by atoms with van der Waals surface area (Å²) in [5.74, 6) is 0.101. The van der Waals surface area contributed by atoms with Crippen molar-refractivity contribution in [3.8, 4) is 10.6 Å². The maximum absolute atomic E-state index is 11.9. The number of carbonyl (C=O) groups is 1. The summed E-state index contributed by atoms with van der Waals surface area (Å²) in [6.07, 6.45) is 2.84. The number of halogens is 1. The fourth-order valence-corrected chi connectivity index (χ4v) is 3.34. The van der Waals surface area contributed by atoms with Crippen LogP contribution in [0.15, 0.2) is 35.7 Å². The van der Waals surface area contributed by atoms with Crippen LogP contribution < -0.4 is 10.6 Å². The molecule has 4 nitrogen and oxygen atoms in total. The molecule has 1 saturated heterocycles. The number of thiazole rings is 1. The van der Waals surface area contributed by atoms with E-state index in [1.54, 1.807) is 11.3 Å². The number of carbonyl (C=O) groups excluding carboxylic acids is 1. The molecule has 1 amide bonds. The van der Waals surface area contributed by atoms with E-state index in [0.29, 0.717) is 19.0 Å². The third-order valence-electron chi connectivity index (χ3n) is 3.63. The van der Waals surface area contributed by atoms with Gasteiger partial charge in [0, 0.05) is 23.4 Å². The van der Waals surface area contributed by atoms with Crippen molar-refractivity contribution in [3.05, 3.63) is 41.4 Å². The van der Waals surface area contributed by atoms with Crippen molar-refractivity contribution in [1.29, 1.82) is 0 Å². The SMILES string of the molecule is Cl.O=C(CC1CCCN1)NCc1csc(-c2ccccc2)n1. The Labute approximate surface area is 140 Å². The molecular formula is C16H20ClN3OS. The van der Waals surface area contributed by atoms with Gasteiger partial charge in [0.25, 0.3) is 0 Å². The Bertz CT molecular complexity index is 596. The van der Waals surface area contributed by atoms with E-state index in [0.717, 1.165) is 29.2 Å². The van der Waals surface area contributed by atoms with Crippen LogP contribution in [0.4, 0.5) is 0 Å². The minimum atomic E-state index is 0. The maximum Gasteiger partial charge on any atom is 0.221 e. The number of amides is 1. The monoisotopic (exact) mass is 337 g/mol. The van der Waals surface area contributed by atoms with E-state index < -0.39 is 0 Å². The highest BCUT2D eigenvalue weighted by molar-refractivity contribution is 7.13. The topological polar surface area (TPSA) is 54.0 Å². The first-order chi connectivity index (χ1) is 10.3. The second-order valence-electron chi connectivity index (χ2n) is 5.28. The lowest BCUT2D eigenvalue weighted by molar-refractivity contribution is -0.121. The summed E-state index contributed by atoms with van der Waals surface area (Å²) in [4.78, 5) is 16.4. The summed E-state index contributed by atoms with van der Waals surface area (Å²) in [6, 6.07) is 10.5. The lowest BCUT2D eigenvalue weighted by Gasteiger charge is -2.09. The van der Waals surface area contributed by atoms with Crippen LogP contribution in [0.2, 0.25) is 0 Å². The van der Waals surface area contributed by atoms with Crippen molar-refractivity contribution < 1.29 is 4.79 Å².